The molecule has 2 rings (SSSR count). The minimum absolute atomic E-state index is 0.0951. The molecule has 106 valence electrons. The van der Waals surface area contributed by atoms with Gasteiger partial charge in [-0.05, 0) is 24.8 Å². The fraction of sp³-hybridized carbons (Fsp3) is 0.538. The second kappa shape index (κ2) is 5.46. The van der Waals surface area contributed by atoms with Gasteiger partial charge in [-0.1, -0.05) is 12.1 Å². The summed E-state index contributed by atoms with van der Waals surface area (Å²) in [5.41, 5.74) is 2.53. The lowest BCUT2D eigenvalue weighted by atomic mass is 9.80. The third kappa shape index (κ3) is 3.06. The minimum Gasteiger partial charge on any atom is -0.271 e. The summed E-state index contributed by atoms with van der Waals surface area (Å²) in [6.07, 6.45) is -0.0186. The number of hydrogen-bond acceptors (Lipinski definition) is 2. The van der Waals surface area contributed by atoms with Crippen LogP contribution in [0.1, 0.15) is 37.3 Å². The maximum absolute atomic E-state index is 13.7. The first-order valence-electron chi connectivity index (χ1n) is 6.22. The quantitative estimate of drug-likeness (QED) is 0.505. The summed E-state index contributed by atoms with van der Waals surface area (Å²) in [4.78, 5) is 0. The van der Waals surface area contributed by atoms with Crippen LogP contribution in [0.25, 0.3) is 0 Å². The molecule has 0 aromatic heterocycles. The second-order valence-corrected chi connectivity index (χ2v) is 4.98. The number of rotatable bonds is 3. The van der Waals surface area contributed by atoms with E-state index in [1.807, 2.05) is 0 Å². The van der Waals surface area contributed by atoms with E-state index in [1.165, 1.54) is 12.1 Å². The van der Waals surface area contributed by atoms with E-state index in [-0.39, 0.29) is 37.2 Å². The van der Waals surface area contributed by atoms with E-state index in [4.69, 9.17) is 5.84 Å². The molecule has 0 radical (unpaired) electrons. The highest BCUT2D eigenvalue weighted by Crippen LogP contribution is 2.41. The molecule has 0 heterocycles. The van der Waals surface area contributed by atoms with E-state index >= 15 is 0 Å². The maximum atomic E-state index is 13.7. The second-order valence-electron chi connectivity index (χ2n) is 4.98. The number of hydrogen-bond donors (Lipinski definition) is 2. The van der Waals surface area contributed by atoms with Gasteiger partial charge in [-0.2, -0.15) is 0 Å². The fourth-order valence-corrected chi connectivity index (χ4v) is 2.64. The Morgan fingerprint density at radius 3 is 2.42 bits per heavy atom. The van der Waals surface area contributed by atoms with E-state index < -0.39 is 23.6 Å². The summed E-state index contributed by atoms with van der Waals surface area (Å²) < 4.78 is 53.1. The predicted molar refractivity (Wildman–Crippen MR) is 63.3 cm³/mol. The molecule has 1 aromatic carbocycles. The SMILES string of the molecule is NNC(c1cccc(F)c1F)C1CCC(F)(F)CC1. The highest BCUT2D eigenvalue weighted by atomic mass is 19.3. The average molecular weight is 276 g/mol. The number of alkyl halides is 2. The van der Waals surface area contributed by atoms with E-state index in [0.717, 1.165) is 6.07 Å². The molecule has 1 fully saturated rings. The number of halogens is 4. The Morgan fingerprint density at radius 2 is 1.84 bits per heavy atom. The van der Waals surface area contributed by atoms with Gasteiger partial charge in [-0.3, -0.25) is 11.3 Å². The van der Waals surface area contributed by atoms with Crippen molar-refractivity contribution in [3.63, 3.8) is 0 Å². The van der Waals surface area contributed by atoms with Gasteiger partial charge in [0.15, 0.2) is 11.6 Å². The van der Waals surface area contributed by atoms with Crippen LogP contribution in [0, 0.1) is 17.6 Å². The van der Waals surface area contributed by atoms with Crippen molar-refractivity contribution in [3.05, 3.63) is 35.4 Å². The molecule has 1 aromatic rings. The third-order valence-corrected chi connectivity index (χ3v) is 3.73. The van der Waals surface area contributed by atoms with Gasteiger partial charge in [0.1, 0.15) is 0 Å². The van der Waals surface area contributed by atoms with E-state index in [9.17, 15) is 17.6 Å². The Morgan fingerprint density at radius 1 is 1.21 bits per heavy atom. The first kappa shape index (κ1) is 14.3. The maximum Gasteiger partial charge on any atom is 0.248 e. The average Bonchev–Trinajstić information content (AvgIpc) is 2.37. The monoisotopic (exact) mass is 276 g/mol. The summed E-state index contributed by atoms with van der Waals surface area (Å²) in [5.74, 6) is 0.589. The zero-order chi connectivity index (χ0) is 14.0. The lowest BCUT2D eigenvalue weighted by Gasteiger charge is -2.33. The van der Waals surface area contributed by atoms with Gasteiger partial charge in [-0.15, -0.1) is 0 Å². The number of benzene rings is 1. The van der Waals surface area contributed by atoms with Crippen LogP contribution < -0.4 is 11.3 Å². The summed E-state index contributed by atoms with van der Waals surface area (Å²) in [6.45, 7) is 0. The standard InChI is InChI=1S/C13H16F4N2/c14-10-3-1-2-9(11(10)15)12(19-18)8-4-6-13(16,17)7-5-8/h1-3,8,12,19H,4-7,18H2. The van der Waals surface area contributed by atoms with Crippen LogP contribution in [0.15, 0.2) is 18.2 Å². The summed E-state index contributed by atoms with van der Waals surface area (Å²) in [7, 11) is 0. The Hall–Kier alpha value is -1.14. The van der Waals surface area contributed by atoms with Crippen LogP contribution in [0.4, 0.5) is 17.6 Å². The van der Waals surface area contributed by atoms with Gasteiger partial charge < -0.3 is 0 Å². The minimum atomic E-state index is -2.66. The Labute approximate surface area is 109 Å². The smallest absolute Gasteiger partial charge is 0.248 e. The number of nitrogens with two attached hydrogens (primary N) is 1. The van der Waals surface area contributed by atoms with E-state index in [0.29, 0.717) is 0 Å². The van der Waals surface area contributed by atoms with Gasteiger partial charge in [0.05, 0.1) is 6.04 Å². The molecule has 1 atom stereocenters. The summed E-state index contributed by atoms with van der Waals surface area (Å²) in [6, 6.07) is 3.18. The van der Waals surface area contributed by atoms with Crippen LogP contribution in [0.3, 0.4) is 0 Å². The predicted octanol–water partition coefficient (Wildman–Crippen LogP) is 3.29. The molecule has 6 heteroatoms. The van der Waals surface area contributed by atoms with Gasteiger partial charge in [0, 0.05) is 18.4 Å². The molecule has 0 aliphatic heterocycles. The molecule has 1 aliphatic rings. The Bertz CT molecular complexity index is 440. The molecular formula is C13H16F4N2. The number of nitrogens with one attached hydrogen (secondary N) is 1. The molecule has 1 saturated carbocycles. The molecule has 3 N–H and O–H groups in total. The molecule has 19 heavy (non-hydrogen) atoms. The zero-order valence-electron chi connectivity index (χ0n) is 10.3. The molecule has 1 aliphatic carbocycles. The molecule has 0 saturated heterocycles. The molecule has 1 unspecified atom stereocenters. The van der Waals surface area contributed by atoms with Crippen LogP contribution in [-0.2, 0) is 0 Å². The van der Waals surface area contributed by atoms with E-state index in [2.05, 4.69) is 5.43 Å². The van der Waals surface area contributed by atoms with Crippen molar-refractivity contribution in [2.45, 2.75) is 37.6 Å². The zero-order valence-corrected chi connectivity index (χ0v) is 10.3. The first-order valence-corrected chi connectivity index (χ1v) is 6.22. The highest BCUT2D eigenvalue weighted by molar-refractivity contribution is 5.23. The van der Waals surface area contributed by atoms with Crippen molar-refractivity contribution >= 4 is 0 Å². The summed E-state index contributed by atoms with van der Waals surface area (Å²) in [5, 5.41) is 0. The van der Waals surface area contributed by atoms with Gasteiger partial charge in [0.2, 0.25) is 5.92 Å². The van der Waals surface area contributed by atoms with Crippen molar-refractivity contribution in [2.24, 2.45) is 11.8 Å². The molecular weight excluding hydrogens is 260 g/mol. The topological polar surface area (TPSA) is 38.0 Å². The molecule has 0 amide bonds. The van der Waals surface area contributed by atoms with E-state index in [1.54, 1.807) is 0 Å². The first-order chi connectivity index (χ1) is 8.94. The van der Waals surface area contributed by atoms with Gasteiger partial charge in [0.25, 0.3) is 0 Å². The van der Waals surface area contributed by atoms with Gasteiger partial charge in [-0.25, -0.2) is 17.6 Å². The van der Waals surface area contributed by atoms with Crippen molar-refractivity contribution in [2.75, 3.05) is 0 Å². The largest absolute Gasteiger partial charge is 0.271 e. The lowest BCUT2D eigenvalue weighted by molar-refractivity contribution is -0.0499. The van der Waals surface area contributed by atoms with Crippen LogP contribution in [0.5, 0.6) is 0 Å². The Balaban J connectivity index is 2.19. The normalized spacial score (nSPS) is 21.3. The molecule has 2 nitrogen and oxygen atoms in total. The highest BCUT2D eigenvalue weighted by Gasteiger charge is 2.38. The Kier molecular flexibility index (Phi) is 4.10. The molecule has 0 bridgehead atoms. The van der Waals surface area contributed by atoms with Crippen LogP contribution in [-0.4, -0.2) is 5.92 Å². The van der Waals surface area contributed by atoms with Crippen molar-refractivity contribution in [1.82, 2.24) is 5.43 Å². The van der Waals surface area contributed by atoms with Gasteiger partial charge >= 0.3 is 0 Å². The summed E-state index contributed by atoms with van der Waals surface area (Å²) >= 11 is 0. The van der Waals surface area contributed by atoms with Crippen molar-refractivity contribution in [1.29, 1.82) is 0 Å². The van der Waals surface area contributed by atoms with Crippen molar-refractivity contribution < 1.29 is 17.6 Å². The van der Waals surface area contributed by atoms with Crippen molar-refractivity contribution in [3.8, 4) is 0 Å². The van der Waals surface area contributed by atoms with Crippen LogP contribution >= 0.6 is 0 Å². The number of hydrazine groups is 1. The van der Waals surface area contributed by atoms with Crippen LogP contribution in [0.2, 0.25) is 0 Å². The molecule has 0 spiro atoms. The lowest BCUT2D eigenvalue weighted by Crippen LogP contribution is -2.37. The fourth-order valence-electron chi connectivity index (χ4n) is 2.64. The third-order valence-electron chi connectivity index (χ3n) is 3.73.